The van der Waals surface area contributed by atoms with Crippen LogP contribution in [0.1, 0.15) is 18.5 Å². The minimum Gasteiger partial charge on any atom is -0.377 e. The molecule has 0 aliphatic rings. The molecule has 2 aromatic carbocycles. The van der Waals surface area contributed by atoms with Gasteiger partial charge >= 0.3 is 0 Å². The van der Waals surface area contributed by atoms with Gasteiger partial charge in [-0.25, -0.2) is 9.07 Å². The largest absolute Gasteiger partial charge is 0.377 e. The highest BCUT2D eigenvalue weighted by Gasteiger charge is 2.09. The third-order valence-electron chi connectivity index (χ3n) is 3.40. The van der Waals surface area contributed by atoms with E-state index in [9.17, 15) is 4.39 Å². The highest BCUT2D eigenvalue weighted by molar-refractivity contribution is 5.61. The van der Waals surface area contributed by atoms with Crippen LogP contribution in [0.15, 0.2) is 67.0 Å². The molecular weight excluding hydrogens is 265 g/mol. The summed E-state index contributed by atoms with van der Waals surface area (Å²) < 4.78 is 14.8. The summed E-state index contributed by atoms with van der Waals surface area (Å²) in [6.07, 6.45) is 3.66. The lowest BCUT2D eigenvalue weighted by Crippen LogP contribution is -2.09. The van der Waals surface area contributed by atoms with Crippen molar-refractivity contribution in [3.05, 3.63) is 78.4 Å². The summed E-state index contributed by atoms with van der Waals surface area (Å²) in [6, 6.07) is 16.5. The molecule has 1 aromatic heterocycles. The second-order valence-corrected chi connectivity index (χ2v) is 4.89. The molecule has 3 rings (SSSR count). The molecule has 4 heteroatoms. The Labute approximate surface area is 123 Å². The van der Waals surface area contributed by atoms with E-state index in [1.807, 2.05) is 48.1 Å². The summed E-state index contributed by atoms with van der Waals surface area (Å²) in [6.45, 7) is 2.05. The van der Waals surface area contributed by atoms with Crippen LogP contribution in [0, 0.1) is 5.82 Å². The van der Waals surface area contributed by atoms with Gasteiger partial charge < -0.3 is 5.32 Å². The maximum atomic E-state index is 13.0. The molecule has 0 spiro atoms. The molecule has 1 atom stereocenters. The fourth-order valence-corrected chi connectivity index (χ4v) is 2.27. The summed E-state index contributed by atoms with van der Waals surface area (Å²) >= 11 is 0. The van der Waals surface area contributed by atoms with E-state index in [4.69, 9.17) is 0 Å². The van der Waals surface area contributed by atoms with Crippen LogP contribution in [0.2, 0.25) is 0 Å². The maximum absolute atomic E-state index is 13.0. The average molecular weight is 281 g/mol. The Morgan fingerprint density at radius 2 is 1.81 bits per heavy atom. The summed E-state index contributed by atoms with van der Waals surface area (Å²) in [5, 5.41) is 7.72. The minimum atomic E-state index is -0.220. The monoisotopic (exact) mass is 281 g/mol. The van der Waals surface area contributed by atoms with Crippen molar-refractivity contribution >= 4 is 5.69 Å². The van der Waals surface area contributed by atoms with Crippen molar-refractivity contribution in [2.45, 2.75) is 13.0 Å². The maximum Gasteiger partial charge on any atom is 0.123 e. The van der Waals surface area contributed by atoms with Gasteiger partial charge in [-0.15, -0.1) is 0 Å². The van der Waals surface area contributed by atoms with Gasteiger partial charge in [0.05, 0.1) is 11.4 Å². The summed E-state index contributed by atoms with van der Waals surface area (Å²) in [5.74, 6) is -0.220. The molecule has 0 bridgehead atoms. The number of hydrogen-bond donors (Lipinski definition) is 1. The summed E-state index contributed by atoms with van der Waals surface area (Å²) in [4.78, 5) is 0. The molecule has 106 valence electrons. The van der Waals surface area contributed by atoms with Crippen LogP contribution in [-0.2, 0) is 0 Å². The van der Waals surface area contributed by atoms with Gasteiger partial charge in [-0.05, 0) is 42.8 Å². The zero-order valence-corrected chi connectivity index (χ0v) is 11.7. The van der Waals surface area contributed by atoms with E-state index in [1.165, 1.54) is 12.1 Å². The molecule has 3 aromatic rings. The quantitative estimate of drug-likeness (QED) is 0.777. The van der Waals surface area contributed by atoms with Crippen molar-refractivity contribution in [1.29, 1.82) is 0 Å². The van der Waals surface area contributed by atoms with Crippen LogP contribution >= 0.6 is 0 Å². The third kappa shape index (κ3) is 2.94. The molecule has 0 amide bonds. The van der Waals surface area contributed by atoms with Gasteiger partial charge in [0.15, 0.2) is 0 Å². The second-order valence-electron chi connectivity index (χ2n) is 4.89. The van der Waals surface area contributed by atoms with E-state index in [2.05, 4.69) is 10.4 Å². The van der Waals surface area contributed by atoms with Crippen molar-refractivity contribution in [3.8, 4) is 5.69 Å². The number of anilines is 1. The van der Waals surface area contributed by atoms with Crippen LogP contribution in [0.4, 0.5) is 10.1 Å². The van der Waals surface area contributed by atoms with Gasteiger partial charge in [0.25, 0.3) is 0 Å². The standard InChI is InChI=1S/C17H16FN3/c1-13(14-7-9-15(18)10-8-14)20-16-5-2-3-6-17(16)21-12-4-11-19-21/h2-13,20H,1H3. The van der Waals surface area contributed by atoms with Gasteiger partial charge in [0, 0.05) is 18.4 Å². The first kappa shape index (κ1) is 13.4. The number of para-hydroxylation sites is 2. The fraction of sp³-hybridized carbons (Fsp3) is 0.118. The highest BCUT2D eigenvalue weighted by Crippen LogP contribution is 2.24. The van der Waals surface area contributed by atoms with E-state index >= 15 is 0 Å². The van der Waals surface area contributed by atoms with E-state index < -0.39 is 0 Å². The third-order valence-corrected chi connectivity index (χ3v) is 3.40. The molecule has 0 aliphatic carbocycles. The van der Waals surface area contributed by atoms with Gasteiger partial charge in [-0.2, -0.15) is 5.10 Å². The zero-order chi connectivity index (χ0) is 14.7. The van der Waals surface area contributed by atoms with Gasteiger partial charge in [-0.1, -0.05) is 24.3 Å². The zero-order valence-electron chi connectivity index (χ0n) is 11.7. The van der Waals surface area contributed by atoms with Crippen LogP contribution in [0.25, 0.3) is 5.69 Å². The highest BCUT2D eigenvalue weighted by atomic mass is 19.1. The fourth-order valence-electron chi connectivity index (χ4n) is 2.27. The van der Waals surface area contributed by atoms with Crippen molar-refractivity contribution in [2.75, 3.05) is 5.32 Å². The van der Waals surface area contributed by atoms with Crippen molar-refractivity contribution in [3.63, 3.8) is 0 Å². The number of nitrogens with one attached hydrogen (secondary N) is 1. The topological polar surface area (TPSA) is 29.9 Å². The Kier molecular flexibility index (Phi) is 3.69. The molecule has 0 radical (unpaired) electrons. The molecule has 0 saturated carbocycles. The second kappa shape index (κ2) is 5.79. The van der Waals surface area contributed by atoms with E-state index in [1.54, 1.807) is 18.3 Å². The Balaban J connectivity index is 1.86. The molecule has 21 heavy (non-hydrogen) atoms. The van der Waals surface area contributed by atoms with Crippen molar-refractivity contribution < 1.29 is 4.39 Å². The summed E-state index contributed by atoms with van der Waals surface area (Å²) in [7, 11) is 0. The number of rotatable bonds is 4. The smallest absolute Gasteiger partial charge is 0.123 e. The lowest BCUT2D eigenvalue weighted by molar-refractivity contribution is 0.626. The molecule has 0 saturated heterocycles. The molecule has 1 heterocycles. The number of hydrogen-bond acceptors (Lipinski definition) is 2. The van der Waals surface area contributed by atoms with E-state index in [0.717, 1.165) is 16.9 Å². The lowest BCUT2D eigenvalue weighted by atomic mass is 10.1. The van der Waals surface area contributed by atoms with Gasteiger partial charge in [0.1, 0.15) is 5.82 Å². The Morgan fingerprint density at radius 3 is 2.52 bits per heavy atom. The predicted molar refractivity (Wildman–Crippen MR) is 82.0 cm³/mol. The Bertz CT molecular complexity index is 705. The van der Waals surface area contributed by atoms with Gasteiger partial charge in [0.2, 0.25) is 0 Å². The number of benzene rings is 2. The van der Waals surface area contributed by atoms with E-state index in [-0.39, 0.29) is 11.9 Å². The molecule has 1 unspecified atom stereocenters. The van der Waals surface area contributed by atoms with Crippen LogP contribution < -0.4 is 5.32 Å². The Hall–Kier alpha value is -2.62. The van der Waals surface area contributed by atoms with Crippen molar-refractivity contribution in [1.82, 2.24) is 9.78 Å². The predicted octanol–water partition coefficient (Wildman–Crippen LogP) is 4.18. The SMILES string of the molecule is CC(Nc1ccccc1-n1cccn1)c1ccc(F)cc1. The van der Waals surface area contributed by atoms with Crippen LogP contribution in [0.3, 0.4) is 0 Å². The lowest BCUT2D eigenvalue weighted by Gasteiger charge is -2.18. The molecule has 3 nitrogen and oxygen atoms in total. The summed E-state index contributed by atoms with van der Waals surface area (Å²) in [5.41, 5.74) is 3.00. The molecule has 0 fully saturated rings. The van der Waals surface area contributed by atoms with Gasteiger partial charge in [-0.3, -0.25) is 0 Å². The molecule has 0 aliphatic heterocycles. The van der Waals surface area contributed by atoms with Crippen molar-refractivity contribution in [2.24, 2.45) is 0 Å². The first-order chi connectivity index (χ1) is 10.2. The molecule has 1 N–H and O–H groups in total. The number of aromatic nitrogens is 2. The normalized spacial score (nSPS) is 12.1. The van der Waals surface area contributed by atoms with Crippen LogP contribution in [0.5, 0.6) is 0 Å². The number of halogens is 1. The number of nitrogens with zero attached hydrogens (tertiary/aromatic N) is 2. The molecular formula is C17H16FN3. The van der Waals surface area contributed by atoms with E-state index in [0.29, 0.717) is 0 Å². The first-order valence-electron chi connectivity index (χ1n) is 6.85. The average Bonchev–Trinajstić information content (AvgIpc) is 3.02. The Morgan fingerprint density at radius 1 is 1.05 bits per heavy atom. The van der Waals surface area contributed by atoms with Crippen LogP contribution in [-0.4, -0.2) is 9.78 Å². The first-order valence-corrected chi connectivity index (χ1v) is 6.85. The minimum absolute atomic E-state index is 0.0716.